The lowest BCUT2D eigenvalue weighted by molar-refractivity contribution is -0.114. The molecule has 0 radical (unpaired) electrons. The predicted molar refractivity (Wildman–Crippen MR) is 123 cm³/mol. The fourth-order valence-corrected chi connectivity index (χ4v) is 3.59. The summed E-state index contributed by atoms with van der Waals surface area (Å²) in [6.45, 7) is 1.43. The molecule has 0 aromatic heterocycles. The highest BCUT2D eigenvalue weighted by Crippen LogP contribution is 2.35. The zero-order valence-corrected chi connectivity index (χ0v) is 19.3. The number of hydrazone groups is 1. The van der Waals surface area contributed by atoms with Gasteiger partial charge in [-0.2, -0.15) is 15.4 Å². The van der Waals surface area contributed by atoms with Gasteiger partial charge in [0.05, 0.1) is 30.0 Å². The fourth-order valence-electron chi connectivity index (χ4n) is 3.59. The van der Waals surface area contributed by atoms with E-state index in [-0.39, 0.29) is 28.7 Å². The summed E-state index contributed by atoms with van der Waals surface area (Å²) < 4.78 is 80.3. The summed E-state index contributed by atoms with van der Waals surface area (Å²) in [6.07, 6.45) is 1.32. The second-order valence-electron chi connectivity index (χ2n) is 7.75. The van der Waals surface area contributed by atoms with E-state index in [1.807, 2.05) is 0 Å². The van der Waals surface area contributed by atoms with Crippen molar-refractivity contribution in [3.63, 3.8) is 0 Å². The minimum absolute atomic E-state index is 0.0126. The molecule has 0 N–H and O–H groups in total. The molecule has 0 saturated heterocycles. The molecule has 3 aromatic rings. The summed E-state index contributed by atoms with van der Waals surface area (Å²) in [6, 6.07) is 13.6. The molecule has 6 nitrogen and oxygen atoms in total. The standard InChI is InChI=1S/C26H16F5N3O3/c1-13-17(26(35)34(33-13)25-23(30)21(28)20(27)22(29)24(25)31)9-14-7-8-18(19(10-14)36-2)37-12-16-6-4-3-5-15(16)11-32/h3-10H,12H2,1-2H3/b17-9+. The topological polar surface area (TPSA) is 74.9 Å². The Hall–Kier alpha value is -4.72. The highest BCUT2D eigenvalue weighted by atomic mass is 19.2. The average Bonchev–Trinajstić information content (AvgIpc) is 3.18. The lowest BCUT2D eigenvalue weighted by Crippen LogP contribution is -2.25. The molecule has 0 saturated carbocycles. The van der Waals surface area contributed by atoms with Crippen molar-refractivity contribution < 1.29 is 36.2 Å². The first kappa shape index (κ1) is 25.4. The Labute approximate surface area is 207 Å². The lowest BCUT2D eigenvalue weighted by atomic mass is 10.1. The molecular weight excluding hydrogens is 497 g/mol. The number of ether oxygens (including phenoxy) is 2. The van der Waals surface area contributed by atoms with Crippen LogP contribution in [0.5, 0.6) is 11.5 Å². The molecule has 0 unspecified atom stereocenters. The van der Waals surface area contributed by atoms with Gasteiger partial charge in [0.15, 0.2) is 34.8 Å². The van der Waals surface area contributed by atoms with E-state index in [2.05, 4.69) is 11.2 Å². The van der Waals surface area contributed by atoms with Gasteiger partial charge in [-0.25, -0.2) is 22.0 Å². The number of rotatable bonds is 6. The second kappa shape index (κ2) is 10.1. The summed E-state index contributed by atoms with van der Waals surface area (Å²) in [7, 11) is 1.39. The van der Waals surface area contributed by atoms with Crippen LogP contribution in [0.15, 0.2) is 53.1 Å². The van der Waals surface area contributed by atoms with Crippen LogP contribution in [0.3, 0.4) is 0 Å². The third kappa shape index (κ3) is 4.61. The Morgan fingerprint density at radius 2 is 1.62 bits per heavy atom. The SMILES string of the molecule is COc1cc(/C=C2/C(=O)N(c3c(F)c(F)c(F)c(F)c3F)N=C2C)ccc1OCc1ccccc1C#N. The third-order valence-electron chi connectivity index (χ3n) is 5.48. The average molecular weight is 513 g/mol. The molecule has 188 valence electrons. The van der Waals surface area contributed by atoms with E-state index in [9.17, 15) is 32.0 Å². The molecule has 4 rings (SSSR count). The number of anilines is 1. The monoisotopic (exact) mass is 513 g/mol. The van der Waals surface area contributed by atoms with Crippen LogP contribution in [0.2, 0.25) is 0 Å². The summed E-state index contributed by atoms with van der Waals surface area (Å²) in [5, 5.41) is 13.1. The molecule has 0 atom stereocenters. The van der Waals surface area contributed by atoms with Crippen molar-refractivity contribution in [2.24, 2.45) is 5.10 Å². The number of amides is 1. The number of carbonyl (C=O) groups excluding carboxylic acids is 1. The van der Waals surface area contributed by atoms with Crippen LogP contribution >= 0.6 is 0 Å². The summed E-state index contributed by atoms with van der Waals surface area (Å²) in [4.78, 5) is 12.9. The van der Waals surface area contributed by atoms with E-state index in [0.717, 1.165) is 0 Å². The summed E-state index contributed by atoms with van der Waals surface area (Å²) >= 11 is 0. The van der Waals surface area contributed by atoms with E-state index < -0.39 is 40.7 Å². The maximum atomic E-state index is 14.2. The maximum absolute atomic E-state index is 14.2. The molecule has 1 aliphatic rings. The summed E-state index contributed by atoms with van der Waals surface area (Å²) in [5.41, 5.74) is -0.101. The highest BCUT2D eigenvalue weighted by molar-refractivity contribution is 6.32. The Morgan fingerprint density at radius 1 is 0.973 bits per heavy atom. The van der Waals surface area contributed by atoms with Crippen LogP contribution in [0.4, 0.5) is 27.6 Å². The van der Waals surface area contributed by atoms with E-state index in [4.69, 9.17) is 9.47 Å². The van der Waals surface area contributed by atoms with E-state index >= 15 is 0 Å². The van der Waals surface area contributed by atoms with Crippen LogP contribution in [0, 0.1) is 40.4 Å². The summed E-state index contributed by atoms with van der Waals surface area (Å²) in [5.74, 6) is -11.5. The van der Waals surface area contributed by atoms with Gasteiger partial charge in [-0.3, -0.25) is 4.79 Å². The molecule has 0 aliphatic carbocycles. The minimum Gasteiger partial charge on any atom is -0.493 e. The smallest absolute Gasteiger partial charge is 0.280 e. The second-order valence-corrected chi connectivity index (χ2v) is 7.75. The van der Waals surface area contributed by atoms with Crippen molar-refractivity contribution in [3.05, 3.63) is 93.8 Å². The Morgan fingerprint density at radius 3 is 2.27 bits per heavy atom. The van der Waals surface area contributed by atoms with Gasteiger partial charge in [0, 0.05) is 5.56 Å². The first-order valence-electron chi connectivity index (χ1n) is 10.6. The molecule has 1 amide bonds. The van der Waals surface area contributed by atoms with Crippen molar-refractivity contribution in [2.45, 2.75) is 13.5 Å². The van der Waals surface area contributed by atoms with Gasteiger partial charge in [0.25, 0.3) is 5.91 Å². The van der Waals surface area contributed by atoms with Gasteiger partial charge in [0.1, 0.15) is 12.3 Å². The van der Waals surface area contributed by atoms with Crippen molar-refractivity contribution in [2.75, 3.05) is 12.1 Å². The predicted octanol–water partition coefficient (Wildman–Crippen LogP) is 5.65. The fraction of sp³-hybridized carbons (Fsp3) is 0.115. The molecule has 1 heterocycles. The number of nitriles is 1. The van der Waals surface area contributed by atoms with Crippen molar-refractivity contribution in [1.29, 1.82) is 5.26 Å². The third-order valence-corrected chi connectivity index (χ3v) is 5.48. The highest BCUT2D eigenvalue weighted by Gasteiger charge is 2.37. The zero-order chi connectivity index (χ0) is 26.9. The number of carbonyl (C=O) groups is 1. The quantitative estimate of drug-likeness (QED) is 0.185. The molecule has 11 heteroatoms. The van der Waals surface area contributed by atoms with E-state index in [1.54, 1.807) is 36.4 Å². The minimum atomic E-state index is -2.34. The van der Waals surface area contributed by atoms with Crippen LogP contribution in [-0.2, 0) is 11.4 Å². The normalized spacial score (nSPS) is 14.1. The molecule has 3 aromatic carbocycles. The number of halogens is 5. The van der Waals surface area contributed by atoms with Gasteiger partial charge in [-0.05, 0) is 36.8 Å². The molecule has 1 aliphatic heterocycles. The van der Waals surface area contributed by atoms with Gasteiger partial charge >= 0.3 is 0 Å². The van der Waals surface area contributed by atoms with Crippen LogP contribution in [0.1, 0.15) is 23.6 Å². The number of benzene rings is 3. The largest absolute Gasteiger partial charge is 0.493 e. The number of methoxy groups -OCH3 is 1. The number of nitrogens with zero attached hydrogens (tertiary/aromatic N) is 3. The van der Waals surface area contributed by atoms with Crippen LogP contribution in [-0.4, -0.2) is 18.7 Å². The Kier molecular flexibility index (Phi) is 6.93. The molecule has 0 spiro atoms. The Balaban J connectivity index is 1.62. The van der Waals surface area contributed by atoms with Gasteiger partial charge in [0.2, 0.25) is 5.82 Å². The lowest BCUT2D eigenvalue weighted by Gasteiger charge is -2.15. The van der Waals surface area contributed by atoms with E-state index in [1.165, 1.54) is 26.2 Å². The first-order chi connectivity index (χ1) is 17.7. The van der Waals surface area contributed by atoms with Crippen LogP contribution in [0.25, 0.3) is 6.08 Å². The van der Waals surface area contributed by atoms with E-state index in [0.29, 0.717) is 22.4 Å². The van der Waals surface area contributed by atoms with Crippen molar-refractivity contribution >= 4 is 23.4 Å². The van der Waals surface area contributed by atoms with Gasteiger partial charge < -0.3 is 9.47 Å². The van der Waals surface area contributed by atoms with Crippen molar-refractivity contribution in [3.8, 4) is 17.6 Å². The maximum Gasteiger partial charge on any atom is 0.280 e. The number of hydrogen-bond acceptors (Lipinski definition) is 5. The Bertz CT molecular complexity index is 1500. The molecule has 0 bridgehead atoms. The van der Waals surface area contributed by atoms with Gasteiger partial charge in [-0.15, -0.1) is 0 Å². The molecule has 0 fully saturated rings. The van der Waals surface area contributed by atoms with Crippen molar-refractivity contribution in [1.82, 2.24) is 0 Å². The van der Waals surface area contributed by atoms with Gasteiger partial charge in [-0.1, -0.05) is 24.3 Å². The zero-order valence-electron chi connectivity index (χ0n) is 19.3. The van der Waals surface area contributed by atoms with Crippen LogP contribution < -0.4 is 14.5 Å². The molecule has 37 heavy (non-hydrogen) atoms. The first-order valence-corrected chi connectivity index (χ1v) is 10.6. The molecular formula is C26H16F5N3O3. The number of hydrogen-bond donors (Lipinski definition) is 0.